The van der Waals surface area contributed by atoms with E-state index in [4.69, 9.17) is 0 Å². The Hall–Kier alpha value is -2.32. The topological polar surface area (TPSA) is 78.3 Å². The van der Waals surface area contributed by atoms with Crippen molar-refractivity contribution in [3.05, 3.63) is 59.9 Å². The van der Waals surface area contributed by atoms with E-state index in [1.807, 2.05) is 30.5 Å². The number of aromatic amines is 1. The Morgan fingerprint density at radius 1 is 1.09 bits per heavy atom. The fraction of sp³-hybridized carbons (Fsp3) is 0.333. The fourth-order valence-corrected chi connectivity index (χ4v) is 7.09. The van der Waals surface area contributed by atoms with E-state index >= 15 is 0 Å². The van der Waals surface area contributed by atoms with Crippen molar-refractivity contribution in [2.24, 2.45) is 7.05 Å². The van der Waals surface area contributed by atoms with E-state index in [1.165, 1.54) is 11.3 Å². The summed E-state index contributed by atoms with van der Waals surface area (Å²) in [6.45, 7) is 0.814. The molecule has 0 radical (unpaired) electrons. The van der Waals surface area contributed by atoms with Crippen LogP contribution in [0.5, 0.6) is 0 Å². The van der Waals surface area contributed by atoms with Crippen LogP contribution in [0.3, 0.4) is 0 Å². The molecular weight excluding hydrogens is 446 g/mol. The second-order valence-electron chi connectivity index (χ2n) is 8.74. The van der Waals surface area contributed by atoms with Gasteiger partial charge in [-0.2, -0.15) is 0 Å². The van der Waals surface area contributed by atoms with Crippen LogP contribution < -0.4 is 0 Å². The summed E-state index contributed by atoms with van der Waals surface area (Å²) < 4.78 is 29.2. The molecule has 1 fully saturated rings. The van der Waals surface area contributed by atoms with E-state index < -0.39 is 9.84 Å². The first-order valence-electron chi connectivity index (χ1n) is 10.8. The average Bonchev–Trinajstić information content (AvgIpc) is 3.42. The summed E-state index contributed by atoms with van der Waals surface area (Å²) in [6.07, 6.45) is 4.94. The Morgan fingerprint density at radius 3 is 2.69 bits per heavy atom. The van der Waals surface area contributed by atoms with Gasteiger partial charge < -0.3 is 14.7 Å². The van der Waals surface area contributed by atoms with E-state index in [1.54, 1.807) is 18.2 Å². The lowest BCUT2D eigenvalue weighted by Gasteiger charge is -2.35. The van der Waals surface area contributed by atoms with E-state index in [-0.39, 0.29) is 25.1 Å². The number of fused-ring (bicyclic) bond motifs is 7. The molecule has 2 N–H and O–H groups in total. The molecule has 0 amide bonds. The minimum atomic E-state index is -3.63. The monoisotopic (exact) mass is 471 g/mol. The normalized spacial score (nSPS) is 20.6. The van der Waals surface area contributed by atoms with Crippen LogP contribution in [-0.2, 0) is 23.3 Å². The number of benzene rings is 2. The third kappa shape index (κ3) is 2.95. The molecule has 1 saturated heterocycles. The average molecular weight is 472 g/mol. The Kier molecular flexibility index (Phi) is 5.13. The summed E-state index contributed by atoms with van der Waals surface area (Å²) in [5, 5.41) is 11.5. The lowest BCUT2D eigenvalue weighted by atomic mass is 9.97. The lowest BCUT2D eigenvalue weighted by Crippen LogP contribution is -2.39. The van der Waals surface area contributed by atoms with Crippen molar-refractivity contribution in [3.8, 4) is 0 Å². The molecule has 2 aliphatic heterocycles. The van der Waals surface area contributed by atoms with Gasteiger partial charge in [-0.25, -0.2) is 8.42 Å². The maximum atomic E-state index is 13.5. The zero-order valence-electron chi connectivity index (χ0n) is 17.8. The molecule has 2 aliphatic rings. The molecule has 8 heteroatoms. The van der Waals surface area contributed by atoms with Crippen LogP contribution in [-0.4, -0.2) is 47.2 Å². The molecule has 4 heterocycles. The smallest absolute Gasteiger partial charge is 0.206 e. The molecule has 32 heavy (non-hydrogen) atoms. The van der Waals surface area contributed by atoms with Crippen molar-refractivity contribution in [1.29, 1.82) is 0 Å². The van der Waals surface area contributed by atoms with Gasteiger partial charge in [-0.1, -0.05) is 0 Å². The van der Waals surface area contributed by atoms with Gasteiger partial charge in [0.15, 0.2) is 0 Å². The van der Waals surface area contributed by atoms with Crippen molar-refractivity contribution in [3.63, 3.8) is 0 Å². The SMILES string of the molecule is Cl.Cn1c2c(c3cc(S(=O)(=O)c4ccc5[nH]ccc5c4)ccc31)C1CCC(C2)N1CCO. The van der Waals surface area contributed by atoms with Crippen LogP contribution in [0.25, 0.3) is 21.8 Å². The zero-order chi connectivity index (χ0) is 21.3. The van der Waals surface area contributed by atoms with Gasteiger partial charge >= 0.3 is 0 Å². The molecule has 6 rings (SSSR count). The minimum absolute atomic E-state index is 0. The number of hydrogen-bond donors (Lipinski definition) is 2. The third-order valence-electron chi connectivity index (χ3n) is 7.24. The first kappa shape index (κ1) is 21.5. The van der Waals surface area contributed by atoms with E-state index in [0.717, 1.165) is 41.1 Å². The van der Waals surface area contributed by atoms with Crippen LogP contribution in [0, 0.1) is 0 Å². The largest absolute Gasteiger partial charge is 0.395 e. The number of nitrogens with zero attached hydrogens (tertiary/aromatic N) is 2. The summed E-state index contributed by atoms with van der Waals surface area (Å²) in [5.74, 6) is 0. The number of aliphatic hydroxyl groups excluding tert-OH is 1. The molecule has 2 aromatic carbocycles. The molecule has 168 valence electrons. The number of nitrogens with one attached hydrogen (secondary N) is 1. The number of aromatic nitrogens is 2. The Morgan fingerprint density at radius 2 is 1.88 bits per heavy atom. The minimum Gasteiger partial charge on any atom is -0.395 e. The Bertz CT molecular complexity index is 1440. The van der Waals surface area contributed by atoms with Gasteiger partial charge in [-0.3, -0.25) is 4.90 Å². The first-order valence-corrected chi connectivity index (χ1v) is 12.3. The van der Waals surface area contributed by atoms with Crippen LogP contribution >= 0.6 is 12.4 Å². The predicted octanol–water partition coefficient (Wildman–Crippen LogP) is 3.97. The summed E-state index contributed by atoms with van der Waals surface area (Å²) in [5.41, 5.74) is 4.55. The molecule has 6 nitrogen and oxygen atoms in total. The van der Waals surface area contributed by atoms with Gasteiger partial charge in [-0.15, -0.1) is 12.4 Å². The quantitative estimate of drug-likeness (QED) is 0.472. The van der Waals surface area contributed by atoms with Crippen LogP contribution in [0.2, 0.25) is 0 Å². The van der Waals surface area contributed by atoms with E-state index in [0.29, 0.717) is 22.4 Å². The van der Waals surface area contributed by atoms with E-state index in [9.17, 15) is 13.5 Å². The van der Waals surface area contributed by atoms with Gasteiger partial charge in [-0.05, 0) is 60.9 Å². The van der Waals surface area contributed by atoms with Gasteiger partial charge in [0.05, 0.1) is 16.4 Å². The Balaban J connectivity index is 0.00000216. The number of halogens is 1. The molecular formula is C24H26ClN3O3S. The molecule has 2 bridgehead atoms. The zero-order valence-corrected chi connectivity index (χ0v) is 19.4. The highest BCUT2D eigenvalue weighted by molar-refractivity contribution is 7.91. The number of aryl methyl sites for hydroxylation is 1. The predicted molar refractivity (Wildman–Crippen MR) is 127 cm³/mol. The second kappa shape index (κ2) is 7.63. The van der Waals surface area contributed by atoms with Gasteiger partial charge in [0.1, 0.15) is 0 Å². The van der Waals surface area contributed by atoms with Crippen LogP contribution in [0.1, 0.15) is 30.1 Å². The lowest BCUT2D eigenvalue weighted by molar-refractivity contribution is 0.135. The van der Waals surface area contributed by atoms with Crippen LogP contribution in [0.4, 0.5) is 0 Å². The van der Waals surface area contributed by atoms with Gasteiger partial charge in [0.25, 0.3) is 0 Å². The van der Waals surface area contributed by atoms with Crippen molar-refractivity contribution >= 4 is 44.1 Å². The van der Waals surface area contributed by atoms with Crippen LogP contribution in [0.15, 0.2) is 58.5 Å². The number of aliphatic hydroxyl groups is 1. The summed E-state index contributed by atoms with van der Waals surface area (Å²) >= 11 is 0. The van der Waals surface area contributed by atoms with Crippen molar-refractivity contribution < 1.29 is 13.5 Å². The highest BCUT2D eigenvalue weighted by Gasteiger charge is 2.42. The molecule has 0 spiro atoms. The molecule has 0 saturated carbocycles. The number of sulfone groups is 1. The highest BCUT2D eigenvalue weighted by atomic mass is 35.5. The molecule has 0 aliphatic carbocycles. The molecule has 2 aromatic heterocycles. The van der Waals surface area contributed by atoms with Crippen molar-refractivity contribution in [2.45, 2.75) is 41.1 Å². The van der Waals surface area contributed by atoms with Crippen molar-refractivity contribution in [2.75, 3.05) is 13.2 Å². The summed E-state index contributed by atoms with van der Waals surface area (Å²) in [4.78, 5) is 6.16. The molecule has 4 aromatic rings. The second-order valence-corrected chi connectivity index (χ2v) is 10.7. The number of H-pyrrole nitrogens is 1. The fourth-order valence-electron chi connectivity index (χ4n) is 5.77. The number of hydrogen-bond acceptors (Lipinski definition) is 4. The summed E-state index contributed by atoms with van der Waals surface area (Å²) in [7, 11) is -1.55. The summed E-state index contributed by atoms with van der Waals surface area (Å²) in [6, 6.07) is 13.4. The van der Waals surface area contributed by atoms with Gasteiger partial charge in [0, 0.05) is 65.8 Å². The van der Waals surface area contributed by atoms with Crippen molar-refractivity contribution in [1.82, 2.24) is 14.5 Å². The van der Waals surface area contributed by atoms with Gasteiger partial charge in [0.2, 0.25) is 9.84 Å². The standard InChI is InChI=1S/C24H25N3O3S.ClH/c1-26-21-7-4-18(31(29,30)17-3-5-20-15(12-17)8-9-25-20)14-19(21)24-22-6-2-16(13-23(24)26)27(22)10-11-28;/h3-5,7-9,12,14,16,22,25,28H,2,6,10-11,13H2,1H3;1H. The third-order valence-corrected chi connectivity index (χ3v) is 8.99. The Labute approximate surface area is 193 Å². The molecule has 2 unspecified atom stereocenters. The van der Waals surface area contributed by atoms with E-state index in [2.05, 4.69) is 21.5 Å². The first-order chi connectivity index (χ1) is 15.0. The maximum absolute atomic E-state index is 13.5. The molecule has 2 atom stereocenters. The maximum Gasteiger partial charge on any atom is 0.206 e. The number of rotatable bonds is 4. The highest BCUT2D eigenvalue weighted by Crippen LogP contribution is 2.47.